The molecule has 0 saturated carbocycles. The molecule has 45 heavy (non-hydrogen) atoms. The Bertz CT molecular complexity index is 1690. The molecule has 0 N–H and O–H groups in total. The number of aromatic nitrogens is 3. The van der Waals surface area contributed by atoms with E-state index in [0.717, 1.165) is 34.7 Å². The predicted molar refractivity (Wildman–Crippen MR) is 157 cm³/mol. The zero-order valence-corrected chi connectivity index (χ0v) is 25.0. The van der Waals surface area contributed by atoms with Crippen LogP contribution in [0.3, 0.4) is 0 Å². The van der Waals surface area contributed by atoms with Gasteiger partial charge in [0, 0.05) is 38.2 Å². The summed E-state index contributed by atoms with van der Waals surface area (Å²) < 4.78 is 46.8. The van der Waals surface area contributed by atoms with Crippen molar-refractivity contribution in [3.05, 3.63) is 71.5 Å². The average molecular weight is 624 g/mol. The van der Waals surface area contributed by atoms with Crippen LogP contribution in [0.5, 0.6) is 0 Å². The molecule has 0 unspecified atom stereocenters. The second-order valence-corrected chi connectivity index (χ2v) is 11.7. The first-order valence-corrected chi connectivity index (χ1v) is 14.6. The fourth-order valence-electron chi connectivity index (χ4n) is 6.69. The van der Waals surface area contributed by atoms with E-state index in [2.05, 4.69) is 21.7 Å². The highest BCUT2D eigenvalue weighted by atomic mass is 19.4. The van der Waals surface area contributed by atoms with Crippen LogP contribution in [0.25, 0.3) is 0 Å². The minimum absolute atomic E-state index is 0.0747. The van der Waals surface area contributed by atoms with Gasteiger partial charge in [0.25, 0.3) is 0 Å². The lowest BCUT2D eigenvalue weighted by molar-refractivity contribution is -0.137. The van der Waals surface area contributed by atoms with Crippen LogP contribution in [-0.4, -0.2) is 63.9 Å². The Morgan fingerprint density at radius 2 is 1.96 bits per heavy atom. The average Bonchev–Trinajstić information content (AvgIpc) is 3.73. The molecule has 2 saturated heterocycles. The molecule has 0 bridgehead atoms. The summed E-state index contributed by atoms with van der Waals surface area (Å²) >= 11 is 0. The SMILES string of the molecule is C=CC(=O)N1CCC[C@@H]1c1noc(CN2C[C@H]3CC(=O)N(c4cc(C(F)(F)F)cc(C)n4)[C@@H]3C(=O)N(C)c3cccc(C)c32)n1. The summed E-state index contributed by atoms with van der Waals surface area (Å²) in [7, 11) is 1.59. The molecule has 236 valence electrons. The van der Waals surface area contributed by atoms with Crippen molar-refractivity contribution in [2.45, 2.75) is 57.9 Å². The number of hydrogen-bond donors (Lipinski definition) is 0. The monoisotopic (exact) mass is 623 g/mol. The number of carbonyl (C=O) groups is 3. The van der Waals surface area contributed by atoms with Crippen molar-refractivity contribution < 1.29 is 32.1 Å². The van der Waals surface area contributed by atoms with Gasteiger partial charge in [-0.3, -0.25) is 19.3 Å². The Hall–Kier alpha value is -4.75. The maximum Gasteiger partial charge on any atom is 0.416 e. The lowest BCUT2D eigenvalue weighted by Crippen LogP contribution is -2.52. The third kappa shape index (κ3) is 5.42. The number of fused-ring (bicyclic) bond motifs is 2. The molecule has 1 aromatic carbocycles. The quantitative estimate of drug-likeness (QED) is 0.386. The Kier molecular flexibility index (Phi) is 7.61. The number of pyridine rings is 1. The van der Waals surface area contributed by atoms with Crippen LogP contribution in [0, 0.1) is 19.8 Å². The van der Waals surface area contributed by atoms with Gasteiger partial charge in [0.15, 0.2) is 5.82 Å². The summed E-state index contributed by atoms with van der Waals surface area (Å²) in [6, 6.07) is 5.78. The van der Waals surface area contributed by atoms with E-state index in [0.29, 0.717) is 24.5 Å². The van der Waals surface area contributed by atoms with Crippen LogP contribution < -0.4 is 14.7 Å². The first-order valence-electron chi connectivity index (χ1n) is 14.6. The van der Waals surface area contributed by atoms with Gasteiger partial charge in [-0.25, -0.2) is 4.98 Å². The zero-order chi connectivity index (χ0) is 32.2. The van der Waals surface area contributed by atoms with E-state index in [1.165, 1.54) is 17.9 Å². The van der Waals surface area contributed by atoms with Gasteiger partial charge in [-0.05, 0) is 56.5 Å². The van der Waals surface area contributed by atoms with Crippen LogP contribution in [0.4, 0.5) is 30.4 Å². The van der Waals surface area contributed by atoms with Crippen molar-refractivity contribution in [1.29, 1.82) is 0 Å². The summed E-state index contributed by atoms with van der Waals surface area (Å²) in [4.78, 5) is 55.0. The number of anilines is 3. The van der Waals surface area contributed by atoms with Crippen LogP contribution in [0.2, 0.25) is 0 Å². The predicted octanol–water partition coefficient (Wildman–Crippen LogP) is 4.35. The number of aryl methyl sites for hydroxylation is 2. The summed E-state index contributed by atoms with van der Waals surface area (Å²) in [5, 5.41) is 4.18. The molecule has 3 amide bonds. The van der Waals surface area contributed by atoms with E-state index < -0.39 is 35.5 Å². The summed E-state index contributed by atoms with van der Waals surface area (Å²) in [6.07, 6.45) is -2.00. The third-order valence-electron chi connectivity index (χ3n) is 8.70. The molecule has 0 aliphatic carbocycles. The van der Waals surface area contributed by atoms with Crippen molar-refractivity contribution >= 4 is 34.9 Å². The molecule has 3 atom stereocenters. The summed E-state index contributed by atoms with van der Waals surface area (Å²) in [5.41, 5.74) is 1.28. The normalized spacial score (nSPS) is 22.0. The van der Waals surface area contributed by atoms with Crippen molar-refractivity contribution in [3.8, 4) is 0 Å². The topological polar surface area (TPSA) is 116 Å². The zero-order valence-electron chi connectivity index (χ0n) is 25.0. The molecule has 2 fully saturated rings. The van der Waals surface area contributed by atoms with E-state index in [1.54, 1.807) is 24.1 Å². The van der Waals surface area contributed by atoms with Crippen molar-refractivity contribution in [2.24, 2.45) is 5.92 Å². The smallest absolute Gasteiger partial charge is 0.360 e. The van der Waals surface area contributed by atoms with Crippen molar-refractivity contribution in [3.63, 3.8) is 0 Å². The number of likely N-dealkylation sites (N-methyl/N-ethyl adjacent to an activating group) is 1. The molecule has 5 heterocycles. The maximum absolute atomic E-state index is 14.1. The number of amides is 3. The van der Waals surface area contributed by atoms with Crippen LogP contribution in [0.15, 0.2) is 47.5 Å². The molecule has 14 heteroatoms. The fourth-order valence-corrected chi connectivity index (χ4v) is 6.69. The molecule has 11 nitrogen and oxygen atoms in total. The van der Waals surface area contributed by atoms with E-state index in [1.807, 2.05) is 17.9 Å². The Morgan fingerprint density at radius 3 is 2.69 bits per heavy atom. The molecule has 6 rings (SSSR count). The number of alkyl halides is 3. The van der Waals surface area contributed by atoms with Gasteiger partial charge in [0.1, 0.15) is 11.9 Å². The van der Waals surface area contributed by atoms with Crippen LogP contribution in [0.1, 0.15) is 53.8 Å². The van der Waals surface area contributed by atoms with Gasteiger partial charge >= 0.3 is 6.18 Å². The highest BCUT2D eigenvalue weighted by molar-refractivity contribution is 6.10. The maximum atomic E-state index is 14.1. The summed E-state index contributed by atoms with van der Waals surface area (Å²) in [6.45, 7) is 7.79. The third-order valence-corrected chi connectivity index (χ3v) is 8.70. The van der Waals surface area contributed by atoms with Gasteiger partial charge in [0.2, 0.25) is 23.6 Å². The van der Waals surface area contributed by atoms with E-state index in [9.17, 15) is 27.6 Å². The first-order chi connectivity index (χ1) is 21.4. The Morgan fingerprint density at radius 1 is 1.18 bits per heavy atom. The van der Waals surface area contributed by atoms with Crippen LogP contribution >= 0.6 is 0 Å². The molecular formula is C31H32F3N7O4. The molecule has 0 radical (unpaired) electrons. The molecule has 3 aliphatic rings. The van der Waals surface area contributed by atoms with Gasteiger partial charge in [-0.1, -0.05) is 23.9 Å². The minimum Gasteiger partial charge on any atom is -0.360 e. The number of para-hydroxylation sites is 1. The highest BCUT2D eigenvalue weighted by Crippen LogP contribution is 2.42. The highest BCUT2D eigenvalue weighted by Gasteiger charge is 2.49. The van der Waals surface area contributed by atoms with Gasteiger partial charge in [0.05, 0.1) is 29.5 Å². The molecule has 2 aromatic heterocycles. The largest absolute Gasteiger partial charge is 0.416 e. The number of halogens is 3. The van der Waals surface area contributed by atoms with E-state index in [4.69, 9.17) is 4.52 Å². The van der Waals surface area contributed by atoms with Crippen LogP contribution in [-0.2, 0) is 27.1 Å². The van der Waals surface area contributed by atoms with E-state index >= 15 is 0 Å². The lowest BCUT2D eigenvalue weighted by atomic mass is 9.95. The van der Waals surface area contributed by atoms with Gasteiger partial charge in [-0.15, -0.1) is 0 Å². The Balaban J connectivity index is 1.37. The molecule has 0 spiro atoms. The number of nitrogens with zero attached hydrogens (tertiary/aromatic N) is 7. The van der Waals surface area contributed by atoms with Crippen molar-refractivity contribution in [2.75, 3.05) is 34.8 Å². The van der Waals surface area contributed by atoms with Gasteiger partial charge in [-0.2, -0.15) is 18.2 Å². The molecular weight excluding hydrogens is 591 g/mol. The van der Waals surface area contributed by atoms with E-state index in [-0.39, 0.29) is 48.9 Å². The lowest BCUT2D eigenvalue weighted by Gasteiger charge is -2.39. The summed E-state index contributed by atoms with van der Waals surface area (Å²) in [5.74, 6) is -1.27. The first kappa shape index (κ1) is 30.3. The Labute approximate surface area is 257 Å². The number of hydrogen-bond acceptors (Lipinski definition) is 8. The number of benzene rings is 1. The van der Waals surface area contributed by atoms with Gasteiger partial charge < -0.3 is 19.2 Å². The number of carbonyl (C=O) groups excluding carboxylic acids is 3. The molecule has 3 aromatic rings. The molecule has 3 aliphatic heterocycles. The second-order valence-electron chi connectivity index (χ2n) is 11.7. The second kappa shape index (κ2) is 11.3. The van der Waals surface area contributed by atoms with Crippen molar-refractivity contribution in [1.82, 2.24) is 20.0 Å². The standard InChI is InChI=1S/C31H32F3N7O4/c1-5-25(42)40-11-7-10-22(40)29-36-24(45-37-29)16-39-15-19-13-26(43)41(23-14-20(31(32,33)34)12-18(3)35-23)28(19)30(44)38(4)21-9-6-8-17(2)27(21)39/h5-6,8-9,12,14,19,22,28H,1,7,10-11,13,15-16H2,2-4H3/t19-,22-,28+/m1/s1. The number of likely N-dealkylation sites (tertiary alicyclic amines) is 1. The number of rotatable bonds is 5. The fraction of sp³-hybridized carbons (Fsp3) is 0.419. The minimum atomic E-state index is -4.66.